The number of hydrogen-bond acceptors (Lipinski definition) is 4. The van der Waals surface area contributed by atoms with Crippen molar-refractivity contribution in [2.24, 2.45) is 0 Å². The van der Waals surface area contributed by atoms with Crippen LogP contribution >= 0.6 is 12.2 Å². The van der Waals surface area contributed by atoms with Crippen molar-refractivity contribution in [3.05, 3.63) is 94.2 Å². The maximum absolute atomic E-state index is 13.1. The standard InChI is InChI=1S/C28H26N2O3S/c1-18-5-3-8-23(13-18)30-27(31)25(29-28(30)34)15-19-9-12-26(32-2)22(14-19)17-33-24-11-10-20-6-4-7-21(20)16-24/h3,5,8-16H,4,6-7,17H2,1-2H3,(H,29,34)/b25-15+. The number of anilines is 1. The number of carbonyl (C=O) groups excluding carboxylic acids is 1. The van der Waals surface area contributed by atoms with Crippen LogP contribution in [0.5, 0.6) is 11.5 Å². The van der Waals surface area contributed by atoms with Crippen molar-refractivity contribution >= 4 is 35.0 Å². The van der Waals surface area contributed by atoms with E-state index < -0.39 is 0 Å². The molecule has 1 N–H and O–H groups in total. The zero-order valence-corrected chi connectivity index (χ0v) is 20.1. The Labute approximate surface area is 205 Å². The highest BCUT2D eigenvalue weighted by Crippen LogP contribution is 2.29. The van der Waals surface area contributed by atoms with Crippen LogP contribution in [0.15, 0.2) is 66.4 Å². The number of nitrogens with one attached hydrogen (secondary N) is 1. The molecule has 5 rings (SSSR count). The number of rotatable bonds is 6. The van der Waals surface area contributed by atoms with E-state index in [0.29, 0.717) is 17.4 Å². The number of thiocarbonyl (C=S) groups is 1. The quantitative estimate of drug-likeness (QED) is 0.390. The van der Waals surface area contributed by atoms with Crippen LogP contribution in [0.1, 0.15) is 34.2 Å². The van der Waals surface area contributed by atoms with Crippen molar-refractivity contribution in [3.8, 4) is 11.5 Å². The smallest absolute Gasteiger partial charge is 0.281 e. The van der Waals surface area contributed by atoms with E-state index in [0.717, 1.165) is 46.7 Å². The summed E-state index contributed by atoms with van der Waals surface area (Å²) in [6, 6.07) is 19.8. The number of benzene rings is 3. The van der Waals surface area contributed by atoms with Crippen LogP contribution in [0.3, 0.4) is 0 Å². The minimum atomic E-state index is -0.178. The molecule has 34 heavy (non-hydrogen) atoms. The minimum Gasteiger partial charge on any atom is -0.496 e. The average molecular weight is 471 g/mol. The maximum atomic E-state index is 13.1. The number of fused-ring (bicyclic) bond motifs is 1. The summed E-state index contributed by atoms with van der Waals surface area (Å²) >= 11 is 5.44. The number of ether oxygens (including phenoxy) is 2. The summed E-state index contributed by atoms with van der Waals surface area (Å²) in [7, 11) is 1.65. The molecule has 0 aromatic heterocycles. The number of aryl methyl sites for hydroxylation is 3. The number of methoxy groups -OCH3 is 1. The second kappa shape index (κ2) is 9.31. The Hall–Kier alpha value is -3.64. The summed E-state index contributed by atoms with van der Waals surface area (Å²) in [5.74, 6) is 1.42. The first-order valence-corrected chi connectivity index (χ1v) is 11.8. The van der Waals surface area contributed by atoms with Crippen molar-refractivity contribution in [1.29, 1.82) is 0 Å². The van der Waals surface area contributed by atoms with Crippen molar-refractivity contribution in [2.75, 3.05) is 12.0 Å². The van der Waals surface area contributed by atoms with Gasteiger partial charge in [0.2, 0.25) is 0 Å². The Balaban J connectivity index is 1.36. The lowest BCUT2D eigenvalue weighted by atomic mass is 10.1. The number of amides is 1. The fourth-order valence-corrected chi connectivity index (χ4v) is 4.80. The van der Waals surface area contributed by atoms with Crippen LogP contribution in [0.25, 0.3) is 6.08 Å². The number of nitrogens with zero attached hydrogens (tertiary/aromatic N) is 1. The molecule has 2 aliphatic rings. The predicted octanol–water partition coefficient (Wildman–Crippen LogP) is 5.33. The number of carbonyl (C=O) groups is 1. The second-order valence-corrected chi connectivity index (χ2v) is 9.00. The normalized spacial score (nSPS) is 16.1. The second-order valence-electron chi connectivity index (χ2n) is 8.61. The third-order valence-electron chi connectivity index (χ3n) is 6.22. The first kappa shape index (κ1) is 22.2. The molecule has 1 saturated heterocycles. The van der Waals surface area contributed by atoms with Gasteiger partial charge < -0.3 is 14.8 Å². The molecule has 5 nitrogen and oxygen atoms in total. The van der Waals surface area contributed by atoms with E-state index in [1.807, 2.05) is 61.5 Å². The third kappa shape index (κ3) is 4.41. The summed E-state index contributed by atoms with van der Waals surface area (Å²) in [6.07, 6.45) is 5.28. The van der Waals surface area contributed by atoms with Gasteiger partial charge >= 0.3 is 0 Å². The van der Waals surface area contributed by atoms with Crippen LogP contribution in [-0.4, -0.2) is 18.1 Å². The van der Waals surface area contributed by atoms with Crippen molar-refractivity contribution in [3.63, 3.8) is 0 Å². The fraction of sp³-hybridized carbons (Fsp3) is 0.214. The van der Waals surface area contributed by atoms with E-state index in [1.165, 1.54) is 22.4 Å². The van der Waals surface area contributed by atoms with E-state index in [1.54, 1.807) is 7.11 Å². The molecule has 0 radical (unpaired) electrons. The summed E-state index contributed by atoms with van der Waals surface area (Å²) in [5, 5.41) is 3.43. The molecule has 0 atom stereocenters. The minimum absolute atomic E-state index is 0.178. The van der Waals surface area contributed by atoms with Gasteiger partial charge in [-0.05, 0) is 103 Å². The Morgan fingerprint density at radius 2 is 1.91 bits per heavy atom. The molecule has 0 spiro atoms. The zero-order chi connectivity index (χ0) is 23.7. The number of hydrogen-bond donors (Lipinski definition) is 1. The van der Waals surface area contributed by atoms with Gasteiger partial charge in [-0.3, -0.25) is 9.69 Å². The molecule has 1 aliphatic heterocycles. The van der Waals surface area contributed by atoms with Gasteiger partial charge in [-0.25, -0.2) is 0 Å². The monoisotopic (exact) mass is 470 g/mol. The van der Waals surface area contributed by atoms with Gasteiger partial charge in [0.05, 0.1) is 12.8 Å². The highest BCUT2D eigenvalue weighted by atomic mass is 32.1. The molecular formula is C28H26N2O3S. The van der Waals surface area contributed by atoms with Gasteiger partial charge in [-0.15, -0.1) is 0 Å². The lowest BCUT2D eigenvalue weighted by molar-refractivity contribution is -0.113. The summed E-state index contributed by atoms with van der Waals surface area (Å²) < 4.78 is 11.6. The Bertz CT molecular complexity index is 1310. The molecule has 3 aromatic rings. The van der Waals surface area contributed by atoms with Crippen molar-refractivity contribution in [1.82, 2.24) is 5.32 Å². The van der Waals surface area contributed by atoms with Crippen LogP contribution < -0.4 is 19.7 Å². The molecule has 1 fully saturated rings. The molecule has 0 unspecified atom stereocenters. The maximum Gasteiger partial charge on any atom is 0.281 e. The molecule has 172 valence electrons. The zero-order valence-electron chi connectivity index (χ0n) is 19.3. The van der Waals surface area contributed by atoms with E-state index >= 15 is 0 Å². The SMILES string of the molecule is COc1ccc(/C=C2/NC(=S)N(c3cccc(C)c3)C2=O)cc1COc1ccc2c(c1)CCC2. The van der Waals surface area contributed by atoms with Crippen LogP contribution in [0.2, 0.25) is 0 Å². The van der Waals surface area contributed by atoms with Gasteiger partial charge in [0.15, 0.2) is 5.11 Å². The van der Waals surface area contributed by atoms with Gasteiger partial charge in [0, 0.05) is 5.56 Å². The first-order chi connectivity index (χ1) is 16.5. The fourth-order valence-electron chi connectivity index (χ4n) is 4.50. The van der Waals surface area contributed by atoms with Crippen molar-refractivity contribution < 1.29 is 14.3 Å². The van der Waals surface area contributed by atoms with E-state index in [2.05, 4.69) is 17.4 Å². The molecule has 1 amide bonds. The molecule has 1 aliphatic carbocycles. The molecular weight excluding hydrogens is 444 g/mol. The van der Waals surface area contributed by atoms with Crippen LogP contribution in [-0.2, 0) is 24.2 Å². The predicted molar refractivity (Wildman–Crippen MR) is 138 cm³/mol. The largest absolute Gasteiger partial charge is 0.496 e. The van der Waals surface area contributed by atoms with Crippen LogP contribution in [0.4, 0.5) is 5.69 Å². The lowest BCUT2D eigenvalue weighted by Gasteiger charge is -2.14. The summed E-state index contributed by atoms with van der Waals surface area (Å²) in [5.41, 5.74) is 6.81. The van der Waals surface area contributed by atoms with Gasteiger partial charge in [0.25, 0.3) is 5.91 Å². The van der Waals surface area contributed by atoms with Gasteiger partial charge in [-0.2, -0.15) is 0 Å². The molecule has 0 saturated carbocycles. The summed E-state index contributed by atoms with van der Waals surface area (Å²) in [6.45, 7) is 2.36. The third-order valence-corrected chi connectivity index (χ3v) is 6.50. The van der Waals surface area contributed by atoms with Gasteiger partial charge in [0.1, 0.15) is 23.8 Å². The highest BCUT2D eigenvalue weighted by molar-refractivity contribution is 7.80. The Morgan fingerprint density at radius 3 is 2.74 bits per heavy atom. The molecule has 3 aromatic carbocycles. The lowest BCUT2D eigenvalue weighted by Crippen LogP contribution is -2.30. The first-order valence-electron chi connectivity index (χ1n) is 11.4. The van der Waals surface area contributed by atoms with Crippen LogP contribution in [0, 0.1) is 6.92 Å². The van der Waals surface area contributed by atoms with Gasteiger partial charge in [-0.1, -0.05) is 24.3 Å². The van der Waals surface area contributed by atoms with E-state index in [4.69, 9.17) is 21.7 Å². The molecule has 6 heteroatoms. The van der Waals surface area contributed by atoms with Crippen molar-refractivity contribution in [2.45, 2.75) is 32.8 Å². The van der Waals surface area contributed by atoms with E-state index in [9.17, 15) is 4.79 Å². The Kier molecular flexibility index (Phi) is 6.07. The molecule has 0 bridgehead atoms. The Morgan fingerprint density at radius 1 is 1.06 bits per heavy atom. The average Bonchev–Trinajstić information content (AvgIpc) is 3.41. The topological polar surface area (TPSA) is 50.8 Å². The summed E-state index contributed by atoms with van der Waals surface area (Å²) in [4.78, 5) is 14.6. The highest BCUT2D eigenvalue weighted by Gasteiger charge is 2.32. The van der Waals surface area contributed by atoms with E-state index in [-0.39, 0.29) is 5.91 Å². The molecule has 1 heterocycles.